The Balaban J connectivity index is 1.34. The third kappa shape index (κ3) is 3.94. The summed E-state index contributed by atoms with van der Waals surface area (Å²) in [6.07, 6.45) is 0.314. The number of imide groups is 1. The average molecular weight is 479 g/mol. The number of carbonyl (C=O) groups excluding carboxylic acids is 4. The molecule has 2 saturated heterocycles. The molecule has 1 unspecified atom stereocenters. The van der Waals surface area contributed by atoms with E-state index in [4.69, 9.17) is 4.74 Å². The number of hydrogen-bond acceptors (Lipinski definition) is 6. The van der Waals surface area contributed by atoms with Crippen LogP contribution < -0.4 is 9.80 Å². The Kier molecular flexibility index (Phi) is 6.00. The van der Waals surface area contributed by atoms with Crippen LogP contribution in [-0.2, 0) is 27.5 Å². The van der Waals surface area contributed by atoms with Crippen LogP contribution in [0.1, 0.15) is 34.3 Å². The molecule has 0 saturated carbocycles. The second-order valence-electron chi connectivity index (χ2n) is 8.82. The number of aliphatic hydroxyl groups excluding tert-OH is 1. The van der Waals surface area contributed by atoms with Crippen LogP contribution in [0.15, 0.2) is 42.5 Å². The smallest absolute Gasteiger partial charge is 0.329 e. The Bertz CT molecular complexity index is 1210. The summed E-state index contributed by atoms with van der Waals surface area (Å²) in [6.45, 7) is 0.992. The van der Waals surface area contributed by atoms with E-state index in [9.17, 15) is 24.3 Å². The first kappa shape index (κ1) is 23.0. The molecular weight excluding hydrogens is 452 g/mol. The van der Waals surface area contributed by atoms with Gasteiger partial charge in [0.2, 0.25) is 5.91 Å². The number of fused-ring (bicyclic) bond motifs is 1. The van der Waals surface area contributed by atoms with Gasteiger partial charge in [-0.05, 0) is 47.9 Å². The van der Waals surface area contributed by atoms with E-state index in [1.165, 1.54) is 4.90 Å². The second-order valence-corrected chi connectivity index (χ2v) is 8.82. The van der Waals surface area contributed by atoms with Crippen LogP contribution in [0, 0.1) is 0 Å². The molecule has 10 nitrogen and oxygen atoms in total. The van der Waals surface area contributed by atoms with Crippen LogP contribution >= 0.6 is 0 Å². The number of nitrogens with zero attached hydrogens (tertiary/aromatic N) is 4. The van der Waals surface area contributed by atoms with Gasteiger partial charge >= 0.3 is 6.03 Å². The number of hydrogen-bond donors (Lipinski definition) is 1. The summed E-state index contributed by atoms with van der Waals surface area (Å²) >= 11 is 0. The fourth-order valence-electron chi connectivity index (χ4n) is 5.01. The zero-order valence-corrected chi connectivity index (χ0v) is 19.3. The van der Waals surface area contributed by atoms with E-state index in [1.807, 2.05) is 30.3 Å². The molecule has 0 aromatic heterocycles. The summed E-state index contributed by atoms with van der Waals surface area (Å²) in [5, 5.41) is 9.39. The Labute approximate surface area is 202 Å². The SMILES string of the molecule is COCc1cccc(N2CCN(c3ccc4c(c3)CN(C3CCC(=O)N(CO)C3=O)C4=O)C2=O)c1. The van der Waals surface area contributed by atoms with Gasteiger partial charge in [0.1, 0.15) is 12.8 Å². The molecule has 1 N–H and O–H groups in total. The molecule has 5 rings (SSSR count). The Morgan fingerprint density at radius 3 is 2.46 bits per heavy atom. The van der Waals surface area contributed by atoms with Gasteiger partial charge in [0.25, 0.3) is 11.8 Å². The van der Waals surface area contributed by atoms with Crippen molar-refractivity contribution in [1.29, 1.82) is 0 Å². The Hall–Kier alpha value is -3.76. The van der Waals surface area contributed by atoms with E-state index >= 15 is 0 Å². The maximum atomic E-state index is 13.2. The number of aliphatic hydroxyl groups is 1. The summed E-state index contributed by atoms with van der Waals surface area (Å²) in [7, 11) is 1.63. The van der Waals surface area contributed by atoms with Gasteiger partial charge in [-0.15, -0.1) is 0 Å². The second kappa shape index (κ2) is 9.12. The minimum absolute atomic E-state index is 0.0893. The first-order chi connectivity index (χ1) is 16.9. The van der Waals surface area contributed by atoms with Crippen molar-refractivity contribution in [2.75, 3.05) is 36.7 Å². The van der Waals surface area contributed by atoms with Crippen molar-refractivity contribution in [3.63, 3.8) is 0 Å². The highest BCUT2D eigenvalue weighted by Crippen LogP contribution is 2.33. The minimum atomic E-state index is -0.800. The number of carbonyl (C=O) groups is 4. The predicted molar refractivity (Wildman–Crippen MR) is 126 cm³/mol. The highest BCUT2D eigenvalue weighted by molar-refractivity contribution is 6.08. The van der Waals surface area contributed by atoms with Gasteiger partial charge in [-0.3, -0.25) is 29.1 Å². The Morgan fingerprint density at radius 2 is 1.74 bits per heavy atom. The number of benzene rings is 2. The molecule has 0 spiro atoms. The fourth-order valence-corrected chi connectivity index (χ4v) is 5.01. The zero-order valence-electron chi connectivity index (χ0n) is 19.3. The van der Waals surface area contributed by atoms with Crippen molar-refractivity contribution in [2.24, 2.45) is 0 Å². The maximum Gasteiger partial charge on any atom is 0.329 e. The van der Waals surface area contributed by atoms with Crippen LogP contribution in [0.25, 0.3) is 0 Å². The van der Waals surface area contributed by atoms with Crippen molar-refractivity contribution in [3.8, 4) is 0 Å². The molecule has 3 aliphatic heterocycles. The molecule has 35 heavy (non-hydrogen) atoms. The van der Waals surface area contributed by atoms with E-state index in [0.29, 0.717) is 30.9 Å². The monoisotopic (exact) mass is 478 g/mol. The average Bonchev–Trinajstić information content (AvgIpc) is 3.39. The van der Waals surface area contributed by atoms with E-state index in [1.54, 1.807) is 29.0 Å². The van der Waals surface area contributed by atoms with E-state index in [2.05, 4.69) is 0 Å². The predicted octanol–water partition coefficient (Wildman–Crippen LogP) is 1.70. The van der Waals surface area contributed by atoms with E-state index in [-0.39, 0.29) is 31.3 Å². The summed E-state index contributed by atoms with van der Waals surface area (Å²) in [6, 6.07) is 12.0. The molecule has 3 aliphatic rings. The van der Waals surface area contributed by atoms with Gasteiger partial charge in [-0.25, -0.2) is 4.79 Å². The third-order valence-corrected chi connectivity index (χ3v) is 6.78. The van der Waals surface area contributed by atoms with Crippen molar-refractivity contribution in [2.45, 2.75) is 32.0 Å². The Morgan fingerprint density at radius 1 is 1.00 bits per heavy atom. The van der Waals surface area contributed by atoms with Crippen molar-refractivity contribution < 1.29 is 29.0 Å². The first-order valence-electron chi connectivity index (χ1n) is 11.5. The first-order valence-corrected chi connectivity index (χ1v) is 11.5. The third-order valence-electron chi connectivity index (χ3n) is 6.78. The molecule has 0 bridgehead atoms. The largest absolute Gasteiger partial charge is 0.380 e. The molecule has 0 aliphatic carbocycles. The van der Waals surface area contributed by atoms with E-state index in [0.717, 1.165) is 21.7 Å². The normalized spacial score (nSPS) is 20.3. The van der Waals surface area contributed by atoms with Crippen molar-refractivity contribution in [1.82, 2.24) is 9.80 Å². The molecule has 3 heterocycles. The molecule has 10 heteroatoms. The lowest BCUT2D eigenvalue weighted by Gasteiger charge is -2.34. The minimum Gasteiger partial charge on any atom is -0.380 e. The van der Waals surface area contributed by atoms with Gasteiger partial charge in [-0.2, -0.15) is 0 Å². The number of piperidine rings is 1. The topological polar surface area (TPSA) is 111 Å². The highest BCUT2D eigenvalue weighted by atomic mass is 16.5. The standard InChI is InChI=1S/C25H26N4O6/c1-35-14-16-3-2-4-18(11-16)26-9-10-27(25(26)34)19-5-6-20-17(12-19)13-28(23(20)32)21-7-8-22(31)29(15-30)24(21)33/h2-6,11-12,21,30H,7-10,13-15H2,1H3. The summed E-state index contributed by atoms with van der Waals surface area (Å²) in [4.78, 5) is 56.5. The molecule has 2 fully saturated rings. The molecule has 182 valence electrons. The lowest BCUT2D eigenvalue weighted by atomic mass is 10.0. The van der Waals surface area contributed by atoms with Crippen molar-refractivity contribution >= 4 is 35.1 Å². The van der Waals surface area contributed by atoms with Crippen molar-refractivity contribution in [3.05, 3.63) is 59.2 Å². The highest BCUT2D eigenvalue weighted by Gasteiger charge is 2.43. The molecule has 2 aromatic carbocycles. The number of anilines is 2. The van der Waals surface area contributed by atoms with Gasteiger partial charge in [0, 0.05) is 50.1 Å². The van der Waals surface area contributed by atoms with E-state index < -0.39 is 24.6 Å². The summed E-state index contributed by atoms with van der Waals surface area (Å²) in [5.74, 6) is -1.29. The fraction of sp³-hybridized carbons (Fsp3) is 0.360. The maximum absolute atomic E-state index is 13.2. The molecular formula is C25H26N4O6. The van der Waals surface area contributed by atoms with Crippen LogP contribution in [0.3, 0.4) is 0 Å². The van der Waals surface area contributed by atoms with Crippen LogP contribution in [0.2, 0.25) is 0 Å². The van der Waals surface area contributed by atoms with Gasteiger partial charge in [0.15, 0.2) is 0 Å². The number of rotatable bonds is 6. The van der Waals surface area contributed by atoms with Crippen LogP contribution in [0.4, 0.5) is 16.2 Å². The number of ether oxygens (including phenoxy) is 1. The number of methoxy groups -OCH3 is 1. The van der Waals surface area contributed by atoms with Gasteiger partial charge < -0.3 is 14.7 Å². The molecule has 5 amide bonds. The zero-order chi connectivity index (χ0) is 24.7. The summed E-state index contributed by atoms with van der Waals surface area (Å²) in [5.41, 5.74) is 3.66. The molecule has 0 radical (unpaired) electrons. The van der Waals surface area contributed by atoms with Gasteiger partial charge in [-0.1, -0.05) is 12.1 Å². The quantitative estimate of drug-likeness (QED) is 0.633. The number of urea groups is 1. The lowest BCUT2D eigenvalue weighted by Crippen LogP contribution is -2.54. The van der Waals surface area contributed by atoms with Gasteiger partial charge in [0.05, 0.1) is 6.61 Å². The number of likely N-dealkylation sites (tertiary alicyclic amines) is 1. The number of amides is 5. The lowest BCUT2D eigenvalue weighted by molar-refractivity contribution is -0.156. The van der Waals surface area contributed by atoms with Crippen LogP contribution in [-0.4, -0.2) is 71.6 Å². The molecule has 2 aromatic rings. The molecule has 1 atom stereocenters. The summed E-state index contributed by atoms with van der Waals surface area (Å²) < 4.78 is 5.19. The van der Waals surface area contributed by atoms with Crippen LogP contribution in [0.5, 0.6) is 0 Å².